The molecular formula is C16H19BrFNOS. The van der Waals surface area contributed by atoms with Crippen LogP contribution in [-0.2, 0) is 6.42 Å². The molecule has 5 heteroatoms. The molecule has 0 amide bonds. The van der Waals surface area contributed by atoms with Gasteiger partial charge in [0.1, 0.15) is 11.6 Å². The van der Waals surface area contributed by atoms with Gasteiger partial charge in [-0.2, -0.15) is 0 Å². The van der Waals surface area contributed by atoms with Gasteiger partial charge in [-0.1, -0.05) is 22.9 Å². The monoisotopic (exact) mass is 371 g/mol. The first-order chi connectivity index (χ1) is 10.2. The van der Waals surface area contributed by atoms with Gasteiger partial charge in [0, 0.05) is 10.5 Å². The van der Waals surface area contributed by atoms with Gasteiger partial charge in [0.2, 0.25) is 0 Å². The quantitative estimate of drug-likeness (QED) is 0.743. The topological polar surface area (TPSA) is 21.3 Å². The molecule has 2 rings (SSSR count). The van der Waals surface area contributed by atoms with E-state index < -0.39 is 0 Å². The second-order valence-corrected chi connectivity index (χ2v) is 6.66. The number of benzene rings is 1. The van der Waals surface area contributed by atoms with Gasteiger partial charge in [0.05, 0.1) is 12.0 Å². The van der Waals surface area contributed by atoms with Gasteiger partial charge in [0.25, 0.3) is 0 Å². The van der Waals surface area contributed by atoms with Crippen LogP contribution in [0, 0.1) is 5.82 Å². The van der Waals surface area contributed by atoms with Crippen molar-refractivity contribution in [1.82, 2.24) is 5.32 Å². The number of thiophene rings is 1. The first-order valence-electron chi connectivity index (χ1n) is 6.94. The van der Waals surface area contributed by atoms with Crippen LogP contribution in [0.2, 0.25) is 0 Å². The molecule has 0 spiro atoms. The van der Waals surface area contributed by atoms with Crippen molar-refractivity contribution in [3.05, 3.63) is 50.4 Å². The Hall–Kier alpha value is -0.910. The van der Waals surface area contributed by atoms with Crippen molar-refractivity contribution < 1.29 is 9.13 Å². The first kappa shape index (κ1) is 16.5. The van der Waals surface area contributed by atoms with Crippen LogP contribution in [0.4, 0.5) is 4.39 Å². The number of halogens is 2. The average molecular weight is 372 g/mol. The average Bonchev–Trinajstić information content (AvgIpc) is 2.95. The van der Waals surface area contributed by atoms with E-state index in [0.29, 0.717) is 12.0 Å². The Labute approximate surface area is 137 Å². The van der Waals surface area contributed by atoms with E-state index in [1.807, 2.05) is 17.5 Å². The lowest BCUT2D eigenvalue weighted by Gasteiger charge is -2.19. The number of hydrogen-bond donors (Lipinski definition) is 1. The molecule has 0 saturated heterocycles. The molecule has 1 aromatic heterocycles. The second kappa shape index (κ2) is 7.92. The zero-order valence-corrected chi connectivity index (χ0v) is 14.6. The van der Waals surface area contributed by atoms with E-state index in [1.54, 1.807) is 24.5 Å². The fourth-order valence-corrected chi connectivity index (χ4v) is 3.57. The van der Waals surface area contributed by atoms with Crippen molar-refractivity contribution in [3.63, 3.8) is 0 Å². The summed E-state index contributed by atoms with van der Waals surface area (Å²) in [5.74, 6) is 0.695. The van der Waals surface area contributed by atoms with Gasteiger partial charge in [-0.25, -0.2) is 4.39 Å². The molecule has 0 bridgehead atoms. The Balaban J connectivity index is 2.26. The minimum absolute atomic E-state index is 0.0590. The lowest BCUT2D eigenvalue weighted by atomic mass is 10.0. The molecule has 2 nitrogen and oxygen atoms in total. The maximum absolute atomic E-state index is 14.0. The summed E-state index contributed by atoms with van der Waals surface area (Å²) in [7, 11) is 1.67. The van der Waals surface area contributed by atoms with Crippen LogP contribution in [-0.4, -0.2) is 13.7 Å². The standard InChI is InChI=1S/C16H19BrFNOS/c1-3-7-19-14(16-15(20-2)6-8-21-16)10-11-9-12(17)4-5-13(11)18/h4-6,8-9,14,19H,3,7,10H2,1-2H3. The van der Waals surface area contributed by atoms with Crippen LogP contribution >= 0.6 is 27.3 Å². The Morgan fingerprint density at radius 1 is 1.38 bits per heavy atom. The molecule has 0 radical (unpaired) electrons. The van der Waals surface area contributed by atoms with Gasteiger partial charge in [-0.05, 0) is 54.6 Å². The maximum atomic E-state index is 14.0. The molecule has 0 aliphatic heterocycles. The van der Waals surface area contributed by atoms with Crippen LogP contribution < -0.4 is 10.1 Å². The molecule has 0 aliphatic rings. The molecule has 1 aromatic carbocycles. The maximum Gasteiger partial charge on any atom is 0.134 e. The van der Waals surface area contributed by atoms with Crippen LogP contribution in [0.1, 0.15) is 29.8 Å². The predicted octanol–water partition coefficient (Wildman–Crippen LogP) is 4.94. The third-order valence-electron chi connectivity index (χ3n) is 3.27. The van der Waals surface area contributed by atoms with Crippen molar-refractivity contribution in [3.8, 4) is 5.75 Å². The highest BCUT2D eigenvalue weighted by Crippen LogP contribution is 2.33. The van der Waals surface area contributed by atoms with Crippen molar-refractivity contribution >= 4 is 27.3 Å². The molecule has 1 unspecified atom stereocenters. The highest BCUT2D eigenvalue weighted by atomic mass is 79.9. The Morgan fingerprint density at radius 3 is 2.90 bits per heavy atom. The Morgan fingerprint density at radius 2 is 2.19 bits per heavy atom. The third-order valence-corrected chi connectivity index (χ3v) is 4.77. The highest BCUT2D eigenvalue weighted by molar-refractivity contribution is 9.10. The fraction of sp³-hybridized carbons (Fsp3) is 0.375. The Bertz CT molecular complexity index is 587. The molecule has 2 aromatic rings. The zero-order valence-electron chi connectivity index (χ0n) is 12.2. The summed E-state index contributed by atoms with van der Waals surface area (Å²) in [6.45, 7) is 3.01. The smallest absolute Gasteiger partial charge is 0.134 e. The summed E-state index contributed by atoms with van der Waals surface area (Å²) in [5.41, 5.74) is 0.702. The minimum atomic E-state index is -0.169. The third kappa shape index (κ3) is 4.28. The summed E-state index contributed by atoms with van der Waals surface area (Å²) in [4.78, 5) is 1.12. The molecule has 0 saturated carbocycles. The first-order valence-corrected chi connectivity index (χ1v) is 8.61. The van der Waals surface area contributed by atoms with Gasteiger partial charge < -0.3 is 10.1 Å². The highest BCUT2D eigenvalue weighted by Gasteiger charge is 2.19. The number of rotatable bonds is 7. The molecule has 114 valence electrons. The van der Waals surface area contributed by atoms with Gasteiger partial charge in [0.15, 0.2) is 0 Å². The molecule has 1 heterocycles. The molecule has 1 N–H and O–H groups in total. The molecule has 0 fully saturated rings. The van der Waals surface area contributed by atoms with Crippen molar-refractivity contribution in [2.75, 3.05) is 13.7 Å². The van der Waals surface area contributed by atoms with Crippen LogP contribution in [0.25, 0.3) is 0 Å². The zero-order chi connectivity index (χ0) is 15.2. The minimum Gasteiger partial charge on any atom is -0.496 e. The molecular weight excluding hydrogens is 353 g/mol. The number of methoxy groups -OCH3 is 1. The van der Waals surface area contributed by atoms with E-state index in [9.17, 15) is 4.39 Å². The summed E-state index contributed by atoms with van der Waals surface area (Å²) in [6, 6.07) is 7.08. The van der Waals surface area contributed by atoms with Crippen LogP contribution in [0.3, 0.4) is 0 Å². The lowest BCUT2D eigenvalue weighted by Crippen LogP contribution is -2.24. The number of ether oxygens (including phenoxy) is 1. The van der Waals surface area contributed by atoms with Crippen LogP contribution in [0.5, 0.6) is 5.75 Å². The molecule has 1 atom stereocenters. The van der Waals surface area contributed by atoms with E-state index >= 15 is 0 Å². The van der Waals surface area contributed by atoms with E-state index in [1.165, 1.54) is 6.07 Å². The normalized spacial score (nSPS) is 12.4. The summed E-state index contributed by atoms with van der Waals surface area (Å²) < 4.78 is 20.3. The van der Waals surface area contributed by atoms with E-state index in [-0.39, 0.29) is 11.9 Å². The van der Waals surface area contributed by atoms with E-state index in [2.05, 4.69) is 28.2 Å². The van der Waals surface area contributed by atoms with Crippen molar-refractivity contribution in [2.24, 2.45) is 0 Å². The number of hydrogen-bond acceptors (Lipinski definition) is 3. The molecule has 0 aliphatic carbocycles. The van der Waals surface area contributed by atoms with Gasteiger partial charge >= 0.3 is 0 Å². The SMILES string of the molecule is CCCNC(Cc1cc(Br)ccc1F)c1sccc1OC. The Kier molecular flexibility index (Phi) is 6.21. The van der Waals surface area contributed by atoms with Gasteiger partial charge in [-0.3, -0.25) is 0 Å². The number of nitrogens with one attached hydrogen (secondary N) is 1. The lowest BCUT2D eigenvalue weighted by molar-refractivity contribution is 0.402. The second-order valence-electron chi connectivity index (χ2n) is 4.80. The predicted molar refractivity (Wildman–Crippen MR) is 89.7 cm³/mol. The molecule has 21 heavy (non-hydrogen) atoms. The summed E-state index contributed by atoms with van der Waals surface area (Å²) >= 11 is 5.05. The van der Waals surface area contributed by atoms with Crippen molar-refractivity contribution in [1.29, 1.82) is 0 Å². The largest absolute Gasteiger partial charge is 0.496 e. The summed E-state index contributed by atoms with van der Waals surface area (Å²) in [5, 5.41) is 5.50. The van der Waals surface area contributed by atoms with E-state index in [0.717, 1.165) is 28.1 Å². The van der Waals surface area contributed by atoms with Crippen LogP contribution in [0.15, 0.2) is 34.1 Å². The summed E-state index contributed by atoms with van der Waals surface area (Å²) in [6.07, 6.45) is 1.63. The van der Waals surface area contributed by atoms with E-state index in [4.69, 9.17) is 4.74 Å². The fourth-order valence-electron chi connectivity index (χ4n) is 2.23. The van der Waals surface area contributed by atoms with Crippen molar-refractivity contribution in [2.45, 2.75) is 25.8 Å². The van der Waals surface area contributed by atoms with Gasteiger partial charge in [-0.15, -0.1) is 11.3 Å².